The second kappa shape index (κ2) is 9.30. The predicted octanol–water partition coefficient (Wildman–Crippen LogP) is 1.97. The van der Waals surface area contributed by atoms with Crippen LogP contribution in [0.5, 0.6) is 0 Å². The van der Waals surface area contributed by atoms with Crippen LogP contribution in [-0.2, 0) is 9.59 Å². The van der Waals surface area contributed by atoms with Crippen molar-refractivity contribution in [1.29, 1.82) is 0 Å². The van der Waals surface area contributed by atoms with E-state index < -0.39 is 11.9 Å². The summed E-state index contributed by atoms with van der Waals surface area (Å²) >= 11 is 0. The molecule has 0 spiro atoms. The third-order valence-corrected chi connectivity index (χ3v) is 4.96. The van der Waals surface area contributed by atoms with Gasteiger partial charge in [0.05, 0.1) is 5.56 Å². The van der Waals surface area contributed by atoms with E-state index in [1.54, 1.807) is 32.3 Å². The maximum Gasteiger partial charge on any atom is 0.255 e. The second-order valence-electron chi connectivity index (χ2n) is 7.10. The van der Waals surface area contributed by atoms with Crippen LogP contribution in [0.4, 0.5) is 5.69 Å². The predicted molar refractivity (Wildman–Crippen MR) is 103 cm³/mol. The summed E-state index contributed by atoms with van der Waals surface area (Å²) < 4.78 is 0. The molecule has 0 aromatic heterocycles. The summed E-state index contributed by atoms with van der Waals surface area (Å²) in [5.74, 6) is -0.676. The molecule has 1 N–H and O–H groups in total. The molecule has 1 aliphatic carbocycles. The van der Waals surface area contributed by atoms with Crippen molar-refractivity contribution in [3.8, 4) is 0 Å². The van der Waals surface area contributed by atoms with Gasteiger partial charge in [0.1, 0.15) is 12.3 Å². The molecule has 1 aromatic rings. The second-order valence-corrected chi connectivity index (χ2v) is 7.10. The Kier molecular flexibility index (Phi) is 7.10. The highest BCUT2D eigenvalue weighted by Crippen LogP contribution is 2.25. The Bertz CT molecular complexity index is 713. The first-order valence-electron chi connectivity index (χ1n) is 9.16. The molecule has 1 aromatic carbocycles. The summed E-state index contributed by atoms with van der Waals surface area (Å²) in [4.78, 5) is 50.4. The van der Waals surface area contributed by atoms with Crippen molar-refractivity contribution in [2.45, 2.75) is 44.2 Å². The lowest BCUT2D eigenvalue weighted by Gasteiger charge is -2.30. The number of hydrogen-bond acceptors (Lipinski definition) is 5. The summed E-state index contributed by atoms with van der Waals surface area (Å²) in [5.41, 5.74) is 1.31. The van der Waals surface area contributed by atoms with Crippen molar-refractivity contribution in [2.75, 3.05) is 26.5 Å². The summed E-state index contributed by atoms with van der Waals surface area (Å²) in [6, 6.07) is 4.69. The van der Waals surface area contributed by atoms with E-state index in [9.17, 15) is 19.2 Å². The molecule has 1 aliphatic rings. The van der Waals surface area contributed by atoms with Gasteiger partial charge in [-0.2, -0.15) is 0 Å². The first kappa shape index (κ1) is 20.6. The third-order valence-electron chi connectivity index (χ3n) is 4.96. The average Bonchev–Trinajstić information content (AvgIpc) is 2.63. The molecule has 1 atom stereocenters. The van der Waals surface area contributed by atoms with Crippen molar-refractivity contribution in [3.63, 3.8) is 0 Å². The van der Waals surface area contributed by atoms with Gasteiger partial charge in [0.2, 0.25) is 5.91 Å². The molecular weight excluding hydrogens is 346 g/mol. The molecule has 0 aliphatic heterocycles. The highest BCUT2D eigenvalue weighted by atomic mass is 16.2. The fourth-order valence-electron chi connectivity index (χ4n) is 3.06. The number of hydrogen-bond donors (Lipinski definition) is 1. The van der Waals surface area contributed by atoms with E-state index in [0.717, 1.165) is 24.8 Å². The van der Waals surface area contributed by atoms with Crippen LogP contribution in [0.2, 0.25) is 0 Å². The Labute approximate surface area is 159 Å². The van der Waals surface area contributed by atoms with Crippen molar-refractivity contribution in [2.24, 2.45) is 0 Å². The number of rotatable bonds is 9. The highest BCUT2D eigenvalue weighted by Gasteiger charge is 2.29. The minimum Gasteiger partial charge on any atom is -0.382 e. The van der Waals surface area contributed by atoms with E-state index in [0.29, 0.717) is 12.3 Å². The number of nitrogens with one attached hydrogen (secondary N) is 1. The Morgan fingerprint density at radius 3 is 2.44 bits per heavy atom. The Morgan fingerprint density at radius 1 is 1.22 bits per heavy atom. The number of anilines is 1. The van der Waals surface area contributed by atoms with Crippen LogP contribution in [0.15, 0.2) is 18.2 Å². The maximum absolute atomic E-state index is 13.1. The van der Waals surface area contributed by atoms with E-state index >= 15 is 0 Å². The lowest BCUT2D eigenvalue weighted by Crippen LogP contribution is -2.47. The van der Waals surface area contributed by atoms with Crippen LogP contribution in [0, 0.1) is 0 Å². The minimum absolute atomic E-state index is 0.172. The molecule has 0 radical (unpaired) electrons. The summed E-state index contributed by atoms with van der Waals surface area (Å²) in [6.45, 7) is 0. The lowest BCUT2D eigenvalue weighted by molar-refractivity contribution is -0.133. The molecule has 1 fully saturated rings. The topological polar surface area (TPSA) is 86.8 Å². The van der Waals surface area contributed by atoms with Gasteiger partial charge >= 0.3 is 0 Å². The summed E-state index contributed by atoms with van der Waals surface area (Å²) in [5, 5.41) is 3.36. The Hall–Kier alpha value is -2.70. The molecule has 146 valence electrons. The largest absolute Gasteiger partial charge is 0.382 e. The first-order valence-corrected chi connectivity index (χ1v) is 9.16. The standard InChI is InChI=1S/C20H27N3O4/c1-22(2)20(27)18(8-5-11-24)23(3)19(26)17-12-16(10-9-14(17)13-25)21-15-6-4-7-15/h9-13,15,18,21H,4-8H2,1-3H3. The van der Waals surface area contributed by atoms with E-state index in [1.165, 1.54) is 23.3 Å². The number of amides is 2. The van der Waals surface area contributed by atoms with Gasteiger partial charge in [-0.3, -0.25) is 14.4 Å². The summed E-state index contributed by atoms with van der Waals surface area (Å²) in [7, 11) is 4.74. The Morgan fingerprint density at radius 2 is 1.93 bits per heavy atom. The number of likely N-dealkylation sites (N-methyl/N-ethyl adjacent to an activating group) is 2. The van der Waals surface area contributed by atoms with Crippen LogP contribution < -0.4 is 5.32 Å². The van der Waals surface area contributed by atoms with Crippen molar-refractivity contribution in [3.05, 3.63) is 29.3 Å². The van der Waals surface area contributed by atoms with Gasteiger partial charge in [-0.15, -0.1) is 0 Å². The molecule has 0 bridgehead atoms. The number of carbonyl (C=O) groups excluding carboxylic acids is 4. The van der Waals surface area contributed by atoms with Gasteiger partial charge in [-0.05, 0) is 43.9 Å². The molecule has 2 rings (SSSR count). The van der Waals surface area contributed by atoms with E-state index in [-0.39, 0.29) is 29.9 Å². The smallest absolute Gasteiger partial charge is 0.255 e. The van der Waals surface area contributed by atoms with Crippen molar-refractivity contribution < 1.29 is 19.2 Å². The zero-order chi connectivity index (χ0) is 20.0. The monoisotopic (exact) mass is 373 g/mol. The molecule has 0 saturated heterocycles. The quantitative estimate of drug-likeness (QED) is 0.669. The molecular formula is C20H27N3O4. The van der Waals surface area contributed by atoms with Crippen LogP contribution in [0.3, 0.4) is 0 Å². The highest BCUT2D eigenvalue weighted by molar-refractivity contribution is 6.03. The maximum atomic E-state index is 13.1. The number of aldehydes is 2. The van der Waals surface area contributed by atoms with Gasteiger partial charge in [-0.1, -0.05) is 0 Å². The summed E-state index contributed by atoms with van der Waals surface area (Å²) in [6.07, 6.45) is 5.14. The SMILES string of the molecule is CN(C)C(=O)C(CCC=O)N(C)C(=O)c1cc(NC2CCC2)ccc1C=O. The van der Waals surface area contributed by atoms with E-state index in [1.807, 2.05) is 0 Å². The van der Waals surface area contributed by atoms with Crippen molar-refractivity contribution in [1.82, 2.24) is 9.80 Å². The molecule has 1 unspecified atom stereocenters. The minimum atomic E-state index is -0.763. The van der Waals surface area contributed by atoms with Gasteiger partial charge in [-0.25, -0.2) is 0 Å². The third kappa shape index (κ3) is 4.93. The normalized spacial score (nSPS) is 14.6. The Balaban J connectivity index is 2.28. The van der Waals surface area contributed by atoms with Crippen LogP contribution in [0.1, 0.15) is 52.8 Å². The van der Waals surface area contributed by atoms with E-state index in [2.05, 4.69) is 5.32 Å². The molecule has 7 nitrogen and oxygen atoms in total. The number of nitrogens with zero attached hydrogens (tertiary/aromatic N) is 2. The average molecular weight is 373 g/mol. The van der Waals surface area contributed by atoms with Gasteiger partial charge in [0, 0.05) is 44.9 Å². The van der Waals surface area contributed by atoms with Crippen LogP contribution in [0.25, 0.3) is 0 Å². The zero-order valence-corrected chi connectivity index (χ0v) is 16.1. The van der Waals surface area contributed by atoms with Crippen molar-refractivity contribution >= 4 is 30.1 Å². The molecule has 27 heavy (non-hydrogen) atoms. The lowest BCUT2D eigenvalue weighted by atomic mass is 9.92. The number of carbonyl (C=O) groups is 4. The van der Waals surface area contributed by atoms with Gasteiger partial charge < -0.3 is 19.9 Å². The zero-order valence-electron chi connectivity index (χ0n) is 16.1. The van der Waals surface area contributed by atoms with Crippen LogP contribution >= 0.6 is 0 Å². The van der Waals surface area contributed by atoms with Gasteiger partial charge in [0.25, 0.3) is 5.91 Å². The van der Waals surface area contributed by atoms with Gasteiger partial charge in [0.15, 0.2) is 6.29 Å². The van der Waals surface area contributed by atoms with E-state index in [4.69, 9.17) is 0 Å². The number of benzene rings is 1. The fraction of sp³-hybridized carbons (Fsp3) is 0.500. The molecule has 7 heteroatoms. The molecule has 2 amide bonds. The van der Waals surface area contributed by atoms with Crippen LogP contribution in [-0.4, -0.2) is 67.4 Å². The molecule has 1 saturated carbocycles. The molecule has 0 heterocycles. The fourth-order valence-corrected chi connectivity index (χ4v) is 3.06. The first-order chi connectivity index (χ1) is 12.9.